The van der Waals surface area contributed by atoms with Gasteiger partial charge in [-0.2, -0.15) is 5.10 Å². The second-order valence-electron chi connectivity index (χ2n) is 3.75. The van der Waals surface area contributed by atoms with E-state index < -0.39 is 24.5 Å². The van der Waals surface area contributed by atoms with Crippen molar-refractivity contribution in [3.8, 4) is 0 Å². The highest BCUT2D eigenvalue weighted by atomic mass is 16.4. The van der Waals surface area contributed by atoms with Crippen LogP contribution in [0.3, 0.4) is 0 Å². The van der Waals surface area contributed by atoms with Crippen molar-refractivity contribution in [1.29, 1.82) is 0 Å². The van der Waals surface area contributed by atoms with Crippen LogP contribution >= 0.6 is 0 Å². The van der Waals surface area contributed by atoms with Gasteiger partial charge in [-0.3, -0.25) is 14.7 Å². The van der Waals surface area contributed by atoms with Gasteiger partial charge in [-0.25, -0.2) is 4.79 Å². The predicted octanol–water partition coefficient (Wildman–Crippen LogP) is -1.03. The molecule has 0 saturated carbocycles. The number of hydrogen-bond donors (Lipinski definition) is 5. The lowest BCUT2D eigenvalue weighted by atomic mass is 10.2. The summed E-state index contributed by atoms with van der Waals surface area (Å²) >= 11 is 0. The zero-order valence-corrected chi connectivity index (χ0v) is 10.3. The molecule has 0 spiro atoms. The number of nitrogens with zero attached hydrogens (tertiary/aromatic N) is 1. The molecule has 0 saturated heterocycles. The first-order valence-corrected chi connectivity index (χ1v) is 5.50. The molecular weight excluding hydrogens is 254 g/mol. The van der Waals surface area contributed by atoms with Crippen molar-refractivity contribution < 1.29 is 19.5 Å². The maximum absolute atomic E-state index is 11.4. The van der Waals surface area contributed by atoms with Gasteiger partial charge in [-0.1, -0.05) is 0 Å². The average molecular weight is 269 g/mol. The molecule has 1 aromatic heterocycles. The molecule has 5 N–H and O–H groups in total. The van der Waals surface area contributed by atoms with E-state index in [9.17, 15) is 14.4 Å². The predicted molar refractivity (Wildman–Crippen MR) is 64.2 cm³/mol. The van der Waals surface area contributed by atoms with E-state index in [-0.39, 0.29) is 12.6 Å². The van der Waals surface area contributed by atoms with Crippen molar-refractivity contribution in [1.82, 2.24) is 26.1 Å². The van der Waals surface area contributed by atoms with Crippen molar-refractivity contribution in [3.05, 3.63) is 18.0 Å². The van der Waals surface area contributed by atoms with Gasteiger partial charge in [0, 0.05) is 11.8 Å². The Morgan fingerprint density at radius 3 is 2.68 bits per heavy atom. The summed E-state index contributed by atoms with van der Waals surface area (Å²) in [6, 6.07) is -0.792. The van der Waals surface area contributed by atoms with Crippen LogP contribution in [0, 0.1) is 0 Å². The Balaban J connectivity index is 2.24. The molecular formula is C10H15N5O4. The van der Waals surface area contributed by atoms with E-state index >= 15 is 0 Å². The molecule has 0 aromatic carbocycles. The Kier molecular flexibility index (Phi) is 5.33. The summed E-state index contributed by atoms with van der Waals surface area (Å²) in [4.78, 5) is 32.8. The van der Waals surface area contributed by atoms with E-state index in [1.165, 1.54) is 0 Å². The fraction of sp³-hybridized carbons (Fsp3) is 0.400. The Labute approximate surface area is 108 Å². The number of rotatable bonds is 6. The lowest BCUT2D eigenvalue weighted by Crippen LogP contribution is -2.43. The van der Waals surface area contributed by atoms with Crippen LogP contribution in [-0.4, -0.2) is 46.3 Å². The highest BCUT2D eigenvalue weighted by Crippen LogP contribution is 2.07. The molecule has 1 atom stereocenters. The van der Waals surface area contributed by atoms with Crippen molar-refractivity contribution >= 4 is 17.9 Å². The molecule has 19 heavy (non-hydrogen) atoms. The summed E-state index contributed by atoms with van der Waals surface area (Å²) in [5.74, 6) is -1.72. The van der Waals surface area contributed by atoms with Crippen LogP contribution in [0.5, 0.6) is 0 Å². The molecule has 9 nitrogen and oxygen atoms in total. The first kappa shape index (κ1) is 14.5. The molecule has 0 aliphatic heterocycles. The highest BCUT2D eigenvalue weighted by molar-refractivity contribution is 5.86. The molecule has 0 radical (unpaired) electrons. The number of H-pyrrole nitrogens is 1. The van der Waals surface area contributed by atoms with Crippen LogP contribution in [0.4, 0.5) is 4.79 Å². The average Bonchev–Trinajstić information content (AvgIpc) is 2.87. The highest BCUT2D eigenvalue weighted by Gasteiger charge is 2.11. The van der Waals surface area contributed by atoms with Crippen molar-refractivity contribution in [2.45, 2.75) is 13.0 Å². The number of urea groups is 1. The first-order chi connectivity index (χ1) is 8.99. The third-order valence-corrected chi connectivity index (χ3v) is 2.21. The topological polar surface area (TPSA) is 136 Å². The fourth-order valence-electron chi connectivity index (χ4n) is 1.23. The number of hydrogen-bond acceptors (Lipinski definition) is 4. The minimum Gasteiger partial charge on any atom is -0.480 e. The van der Waals surface area contributed by atoms with E-state index in [0.717, 1.165) is 5.56 Å². The maximum atomic E-state index is 11.4. The number of nitrogens with one attached hydrogen (secondary N) is 4. The Morgan fingerprint density at radius 1 is 1.37 bits per heavy atom. The van der Waals surface area contributed by atoms with Crippen LogP contribution in [0.15, 0.2) is 12.4 Å². The number of aromatic nitrogens is 2. The lowest BCUT2D eigenvalue weighted by Gasteiger charge is -2.12. The normalized spacial score (nSPS) is 11.4. The second kappa shape index (κ2) is 6.99. The zero-order chi connectivity index (χ0) is 14.3. The summed E-state index contributed by atoms with van der Waals surface area (Å²) in [5, 5.41) is 21.7. The van der Waals surface area contributed by atoms with Crippen molar-refractivity contribution in [2.75, 3.05) is 13.1 Å². The molecule has 0 aliphatic carbocycles. The van der Waals surface area contributed by atoms with E-state index in [1.807, 2.05) is 0 Å². The van der Waals surface area contributed by atoms with Gasteiger partial charge in [0.2, 0.25) is 5.91 Å². The summed E-state index contributed by atoms with van der Waals surface area (Å²) in [7, 11) is 0. The van der Waals surface area contributed by atoms with Gasteiger partial charge < -0.3 is 21.1 Å². The van der Waals surface area contributed by atoms with Crippen LogP contribution in [0.25, 0.3) is 0 Å². The second-order valence-corrected chi connectivity index (χ2v) is 3.75. The first-order valence-electron chi connectivity index (χ1n) is 5.50. The van der Waals surface area contributed by atoms with Gasteiger partial charge in [0.25, 0.3) is 0 Å². The summed E-state index contributed by atoms with van der Waals surface area (Å²) in [6.07, 6.45) is 3.22. The zero-order valence-electron chi connectivity index (χ0n) is 10.3. The number of carboxylic acid groups (broad SMARTS) is 1. The SMILES string of the molecule is CC(NC(=O)NCC(=O)NCC(=O)O)c1cn[nH]c1. The molecule has 0 aliphatic rings. The Bertz CT molecular complexity index is 445. The van der Waals surface area contributed by atoms with Crippen LogP contribution in [0.2, 0.25) is 0 Å². The number of carbonyl (C=O) groups excluding carboxylic acids is 2. The smallest absolute Gasteiger partial charge is 0.322 e. The standard InChI is InChI=1S/C10H15N5O4/c1-6(7-2-13-14-3-7)15-10(19)12-4-8(16)11-5-9(17)18/h2-3,6H,4-5H2,1H3,(H,11,16)(H,13,14)(H,17,18)(H2,12,15,19). The fourth-order valence-corrected chi connectivity index (χ4v) is 1.23. The molecule has 1 aromatic rings. The van der Waals surface area contributed by atoms with E-state index in [1.54, 1.807) is 19.3 Å². The minimum atomic E-state index is -1.15. The molecule has 1 heterocycles. The van der Waals surface area contributed by atoms with Gasteiger partial charge in [0.15, 0.2) is 0 Å². The van der Waals surface area contributed by atoms with Gasteiger partial charge in [0.05, 0.1) is 18.8 Å². The van der Waals surface area contributed by atoms with Crippen molar-refractivity contribution in [2.24, 2.45) is 0 Å². The molecule has 0 bridgehead atoms. The summed E-state index contributed by atoms with van der Waals surface area (Å²) in [5.41, 5.74) is 0.797. The number of aromatic amines is 1. The minimum absolute atomic E-state index is 0.263. The molecule has 1 rings (SSSR count). The van der Waals surface area contributed by atoms with Gasteiger partial charge in [-0.15, -0.1) is 0 Å². The Morgan fingerprint density at radius 2 is 2.11 bits per heavy atom. The number of carbonyl (C=O) groups is 3. The van der Waals surface area contributed by atoms with Gasteiger partial charge in [-0.05, 0) is 6.92 Å². The van der Waals surface area contributed by atoms with E-state index in [2.05, 4.69) is 26.1 Å². The summed E-state index contributed by atoms with van der Waals surface area (Å²) < 4.78 is 0. The van der Waals surface area contributed by atoms with Crippen molar-refractivity contribution in [3.63, 3.8) is 0 Å². The summed E-state index contributed by atoms with van der Waals surface area (Å²) in [6.45, 7) is 0.986. The third-order valence-electron chi connectivity index (χ3n) is 2.21. The molecule has 3 amide bonds. The third kappa shape index (κ3) is 5.52. The molecule has 1 unspecified atom stereocenters. The quantitative estimate of drug-likeness (QED) is 0.450. The van der Waals surface area contributed by atoms with Gasteiger partial charge >= 0.3 is 12.0 Å². The largest absolute Gasteiger partial charge is 0.480 e. The van der Waals surface area contributed by atoms with Gasteiger partial charge in [0.1, 0.15) is 6.54 Å². The van der Waals surface area contributed by atoms with E-state index in [4.69, 9.17) is 5.11 Å². The monoisotopic (exact) mass is 269 g/mol. The van der Waals surface area contributed by atoms with Crippen LogP contribution in [-0.2, 0) is 9.59 Å². The van der Waals surface area contributed by atoms with Crippen LogP contribution < -0.4 is 16.0 Å². The lowest BCUT2D eigenvalue weighted by molar-refractivity contribution is -0.137. The van der Waals surface area contributed by atoms with E-state index in [0.29, 0.717) is 0 Å². The number of carboxylic acids is 1. The maximum Gasteiger partial charge on any atom is 0.322 e. The molecule has 104 valence electrons. The Hall–Kier alpha value is -2.58. The van der Waals surface area contributed by atoms with Crippen LogP contribution in [0.1, 0.15) is 18.5 Å². The number of aliphatic carboxylic acids is 1. The molecule has 9 heteroatoms. The molecule has 0 fully saturated rings. The number of amides is 3.